The van der Waals surface area contributed by atoms with E-state index in [9.17, 15) is 24.0 Å². The van der Waals surface area contributed by atoms with Crippen molar-refractivity contribution in [3.63, 3.8) is 0 Å². The van der Waals surface area contributed by atoms with Gasteiger partial charge in [-0.2, -0.15) is 4.73 Å². The number of nitrogens with zero attached hydrogens (tertiary/aromatic N) is 2. The van der Waals surface area contributed by atoms with Gasteiger partial charge in [0, 0.05) is 30.7 Å². The highest BCUT2D eigenvalue weighted by Gasteiger charge is 2.51. The van der Waals surface area contributed by atoms with E-state index in [1.54, 1.807) is 38.8 Å². The molecule has 1 aromatic heterocycles. The molecule has 0 bridgehead atoms. The van der Waals surface area contributed by atoms with Crippen LogP contribution in [0.5, 0.6) is 0 Å². The molecule has 6 atom stereocenters. The fraction of sp³-hybridized carbons (Fsp3) is 0.554. The van der Waals surface area contributed by atoms with Crippen molar-refractivity contribution in [2.75, 3.05) is 20.8 Å². The highest BCUT2D eigenvalue weighted by molar-refractivity contribution is 6.99. The normalized spacial score (nSPS) is 16.5. The van der Waals surface area contributed by atoms with Gasteiger partial charge >= 0.3 is 12.1 Å². The number of para-hydroxylation sites is 1. The van der Waals surface area contributed by atoms with E-state index in [-0.39, 0.29) is 35.8 Å². The predicted octanol–water partition coefficient (Wildman–Crippen LogP) is 8.01. The number of alkyl carbamates (subject to hydrolysis) is 1. The number of benzene rings is 3. The van der Waals surface area contributed by atoms with Crippen molar-refractivity contribution < 1.29 is 42.7 Å². The Morgan fingerprint density at radius 3 is 1.92 bits per heavy atom. The zero-order valence-electron chi connectivity index (χ0n) is 44.2. The van der Waals surface area contributed by atoms with Crippen LogP contribution in [0, 0.1) is 5.92 Å². The topological polar surface area (TPSA) is 167 Å². The number of methoxy groups -OCH3 is 1. The van der Waals surface area contributed by atoms with Gasteiger partial charge in [0.25, 0.3) is 8.32 Å². The number of fused-ring (bicyclic) bond motifs is 1. The summed E-state index contributed by atoms with van der Waals surface area (Å²) in [6.45, 7) is 18.4. The maximum Gasteiger partial charge on any atom is 0.408 e. The number of likely N-dealkylation sites (tertiary alicyclic amines) is 1. The summed E-state index contributed by atoms with van der Waals surface area (Å²) < 4.78 is 19.8. The van der Waals surface area contributed by atoms with Crippen molar-refractivity contribution in [3.05, 3.63) is 96.7 Å². The number of hydrogen-bond acceptors (Lipinski definition) is 9. The fourth-order valence-corrected chi connectivity index (χ4v) is 14.6. The number of esters is 1. The van der Waals surface area contributed by atoms with Crippen LogP contribution in [0.15, 0.2) is 91.1 Å². The van der Waals surface area contributed by atoms with Crippen LogP contribution >= 0.6 is 0 Å². The third-order valence-corrected chi connectivity index (χ3v) is 18.9. The minimum Gasteiger partial charge on any atom is -0.467 e. The van der Waals surface area contributed by atoms with E-state index in [4.69, 9.17) is 18.7 Å². The molecule has 1 aliphatic heterocycles. The van der Waals surface area contributed by atoms with Gasteiger partial charge in [-0.1, -0.05) is 146 Å². The van der Waals surface area contributed by atoms with E-state index in [0.29, 0.717) is 32.2 Å². The number of ether oxygens (including phenoxy) is 2. The molecule has 0 saturated carbocycles. The van der Waals surface area contributed by atoms with Crippen LogP contribution in [0.2, 0.25) is 5.04 Å². The SMILES string of the molecule is CCC(CCCCC[C@H](NC(=O)OC(C)(C)C)C(=O)N[C@@H](Cc1cn(OC)c2ccccc12)C(=O)N[C@H](C(=O)N1CCCC[C@@H]1C(=O)OC)[C@@H](C)CC)O[Si](c1ccccc1)(c1ccccc1)C(C)(C)C. The lowest BCUT2D eigenvalue weighted by Gasteiger charge is -2.45. The summed E-state index contributed by atoms with van der Waals surface area (Å²) in [6.07, 6.45) is 7.61. The average molecular weight is 996 g/mol. The van der Waals surface area contributed by atoms with Gasteiger partial charge in [-0.25, -0.2) is 9.59 Å². The molecule has 4 amide bonds. The van der Waals surface area contributed by atoms with Crippen LogP contribution in [0.1, 0.15) is 132 Å². The molecule has 3 N–H and O–H groups in total. The maximum atomic E-state index is 14.8. The van der Waals surface area contributed by atoms with E-state index in [0.717, 1.165) is 48.6 Å². The predicted molar refractivity (Wildman–Crippen MR) is 282 cm³/mol. The summed E-state index contributed by atoms with van der Waals surface area (Å²) in [4.78, 5) is 77.4. The number of carbonyl (C=O) groups is 5. The molecule has 1 fully saturated rings. The monoisotopic (exact) mass is 996 g/mol. The van der Waals surface area contributed by atoms with Crippen LogP contribution in [-0.4, -0.2) is 104 Å². The lowest BCUT2D eigenvalue weighted by molar-refractivity contribution is -0.156. The van der Waals surface area contributed by atoms with Gasteiger partial charge in [0.15, 0.2) is 0 Å². The number of carbonyl (C=O) groups excluding carboxylic acids is 5. The molecule has 3 aromatic carbocycles. The first-order valence-corrected chi connectivity index (χ1v) is 27.6. The number of amides is 4. The Balaban J connectivity index is 1.39. The molecular weight excluding hydrogens is 915 g/mol. The van der Waals surface area contributed by atoms with Gasteiger partial charge in [0.2, 0.25) is 17.7 Å². The van der Waals surface area contributed by atoms with Gasteiger partial charge < -0.3 is 39.6 Å². The van der Waals surface area contributed by atoms with E-state index in [2.05, 4.69) is 92.2 Å². The second-order valence-corrected chi connectivity index (χ2v) is 25.3. The lowest BCUT2D eigenvalue weighted by Crippen LogP contribution is -2.67. The number of unbranched alkanes of at least 4 members (excludes halogenated alkanes) is 2. The number of nitrogens with one attached hydrogen (secondary N) is 3. The molecule has 388 valence electrons. The molecule has 0 radical (unpaired) electrons. The second kappa shape index (κ2) is 25.6. The Kier molecular flexibility index (Phi) is 20.3. The number of piperidine rings is 1. The van der Waals surface area contributed by atoms with Gasteiger partial charge in [-0.15, -0.1) is 0 Å². The largest absolute Gasteiger partial charge is 0.467 e. The maximum absolute atomic E-state index is 14.8. The molecule has 0 spiro atoms. The van der Waals surface area contributed by atoms with Crippen LogP contribution in [0.3, 0.4) is 0 Å². The molecule has 1 aliphatic rings. The Bertz CT molecular complexity index is 2320. The zero-order valence-corrected chi connectivity index (χ0v) is 45.2. The summed E-state index contributed by atoms with van der Waals surface area (Å²) in [5.41, 5.74) is 0.662. The third kappa shape index (κ3) is 14.5. The van der Waals surface area contributed by atoms with E-state index < -0.39 is 62.0 Å². The van der Waals surface area contributed by atoms with Crippen LogP contribution < -0.4 is 31.2 Å². The van der Waals surface area contributed by atoms with E-state index in [1.165, 1.54) is 22.4 Å². The first kappa shape index (κ1) is 56.2. The molecule has 1 unspecified atom stereocenters. The third-order valence-electron chi connectivity index (χ3n) is 13.8. The molecule has 71 heavy (non-hydrogen) atoms. The Hall–Kier alpha value is -5.67. The summed E-state index contributed by atoms with van der Waals surface area (Å²) >= 11 is 0. The molecule has 1 saturated heterocycles. The van der Waals surface area contributed by atoms with Crippen molar-refractivity contribution in [2.45, 2.75) is 174 Å². The van der Waals surface area contributed by atoms with Crippen molar-refractivity contribution >= 4 is 59.4 Å². The number of aromatic nitrogens is 1. The smallest absolute Gasteiger partial charge is 0.408 e. The minimum atomic E-state index is -2.78. The van der Waals surface area contributed by atoms with Gasteiger partial charge in [0.05, 0.1) is 12.6 Å². The van der Waals surface area contributed by atoms with Crippen molar-refractivity contribution in [1.82, 2.24) is 25.6 Å². The Morgan fingerprint density at radius 1 is 0.732 bits per heavy atom. The lowest BCUT2D eigenvalue weighted by atomic mass is 9.94. The standard InChI is InChI=1S/C56H81N5O9Si/c1-12-39(3)49(52(64)60-36-26-25-35-48(60)53(65)67-10)59-51(63)46(37-40-38-61(68-11)47-34-24-23-32-44(40)47)57-50(62)45(58-54(66)69-55(4,5)6)33-22-14-17-27-41(13-2)70-71(56(7,8)9,42-28-18-15-19-29-42)43-30-20-16-21-31-43/h15-16,18-21,23-24,28-32,34,38-39,41,45-46,48-49H,12-14,17,22,25-27,33,35-37H2,1-11H3,(H,57,62)(H,58,66)(H,59,63)/t39-,41?,45-,46-,48+,49-/m0/s1. The number of rotatable bonds is 23. The summed E-state index contributed by atoms with van der Waals surface area (Å²) in [7, 11) is 0.0725. The van der Waals surface area contributed by atoms with Crippen LogP contribution in [-0.2, 0) is 39.5 Å². The highest BCUT2D eigenvalue weighted by Crippen LogP contribution is 2.38. The fourth-order valence-electron chi connectivity index (χ4n) is 9.83. The Morgan fingerprint density at radius 2 is 1.34 bits per heavy atom. The van der Waals surface area contributed by atoms with Gasteiger partial charge in [-0.05, 0) is 92.3 Å². The van der Waals surface area contributed by atoms with Gasteiger partial charge in [-0.3, -0.25) is 14.4 Å². The average Bonchev–Trinajstić information content (AvgIpc) is 3.71. The van der Waals surface area contributed by atoms with Crippen LogP contribution in [0.25, 0.3) is 10.9 Å². The van der Waals surface area contributed by atoms with Gasteiger partial charge in [0.1, 0.15) is 36.9 Å². The summed E-state index contributed by atoms with van der Waals surface area (Å²) in [6, 6.07) is 24.8. The summed E-state index contributed by atoms with van der Waals surface area (Å²) in [5.74, 6) is -2.34. The minimum absolute atomic E-state index is 0.0176. The van der Waals surface area contributed by atoms with Crippen molar-refractivity contribution in [1.29, 1.82) is 0 Å². The van der Waals surface area contributed by atoms with E-state index >= 15 is 0 Å². The molecule has 15 heteroatoms. The molecule has 5 rings (SSSR count). The molecule has 4 aromatic rings. The number of hydrogen-bond donors (Lipinski definition) is 3. The first-order valence-electron chi connectivity index (χ1n) is 25.7. The van der Waals surface area contributed by atoms with Crippen molar-refractivity contribution in [3.8, 4) is 0 Å². The molecule has 14 nitrogen and oxygen atoms in total. The first-order chi connectivity index (χ1) is 33.8. The second-order valence-electron chi connectivity index (χ2n) is 21.0. The quantitative estimate of drug-likeness (QED) is 0.0379. The van der Waals surface area contributed by atoms with E-state index in [1.807, 2.05) is 50.2 Å². The molecule has 0 aliphatic carbocycles. The zero-order chi connectivity index (χ0) is 51.9. The molecular formula is C56H81N5O9Si. The Labute approximate surface area is 423 Å². The van der Waals surface area contributed by atoms with Crippen LogP contribution in [0.4, 0.5) is 4.79 Å². The van der Waals surface area contributed by atoms with Crippen molar-refractivity contribution in [2.24, 2.45) is 5.92 Å². The highest BCUT2D eigenvalue weighted by atomic mass is 28.4. The molecule has 2 heterocycles. The summed E-state index contributed by atoms with van der Waals surface area (Å²) in [5, 5.41) is 11.9.